The maximum Gasteiger partial charge on any atom is 0.332 e. The summed E-state index contributed by atoms with van der Waals surface area (Å²) >= 11 is 0. The van der Waals surface area contributed by atoms with Gasteiger partial charge in [0, 0.05) is 0 Å². The van der Waals surface area contributed by atoms with Crippen molar-refractivity contribution >= 4 is 12.1 Å². The summed E-state index contributed by atoms with van der Waals surface area (Å²) < 4.78 is 0. The van der Waals surface area contributed by atoms with Crippen LogP contribution >= 0.6 is 0 Å². The smallest absolute Gasteiger partial charge is 0.270 e. The van der Waals surface area contributed by atoms with Gasteiger partial charge in [0.05, 0.1) is 19.6 Å². The zero-order valence-electron chi connectivity index (χ0n) is 20.8. The molecule has 7 heteroatoms. The molecule has 0 atom stereocenters. The van der Waals surface area contributed by atoms with Gasteiger partial charge in [-0.15, -0.1) is 0 Å². The molecule has 3 aromatic carbocycles. The van der Waals surface area contributed by atoms with Gasteiger partial charge in [-0.1, -0.05) is 91.0 Å². The molecule has 0 N–H and O–H groups in total. The predicted molar refractivity (Wildman–Crippen MR) is 137 cm³/mol. The molecule has 4 rings (SSSR count). The van der Waals surface area contributed by atoms with Crippen LogP contribution in [0.2, 0.25) is 0 Å². The summed E-state index contributed by atoms with van der Waals surface area (Å²) in [6, 6.07) is 28.8. The zero-order chi connectivity index (χ0) is 25.0. The number of amides is 4. The van der Waals surface area contributed by atoms with Crippen molar-refractivity contribution in [3.63, 3.8) is 0 Å². The first-order chi connectivity index (χ1) is 16.9. The van der Waals surface area contributed by atoms with Gasteiger partial charge in [0.1, 0.15) is 0 Å². The second kappa shape index (κ2) is 10.3. The van der Waals surface area contributed by atoms with Gasteiger partial charge in [-0.2, -0.15) is 0 Å². The number of hydrogen-bond acceptors (Lipinski definition) is 4. The number of nitrogens with zero attached hydrogens (tertiary/aromatic N) is 5. The van der Waals surface area contributed by atoms with Crippen LogP contribution in [-0.2, 0) is 19.6 Å². The van der Waals surface area contributed by atoms with E-state index >= 15 is 0 Å². The van der Waals surface area contributed by atoms with Crippen molar-refractivity contribution in [2.75, 3.05) is 28.2 Å². The second-order valence-electron chi connectivity index (χ2n) is 9.17. The molecule has 4 amide bonds. The number of rotatable bonds is 8. The van der Waals surface area contributed by atoms with E-state index in [-0.39, 0.29) is 18.6 Å². The first-order valence-corrected chi connectivity index (χ1v) is 11.7. The van der Waals surface area contributed by atoms with Gasteiger partial charge < -0.3 is 0 Å². The topological polar surface area (TPSA) is 50.3 Å². The summed E-state index contributed by atoms with van der Waals surface area (Å²) in [6.07, 6.45) is 0. The van der Waals surface area contributed by atoms with Crippen molar-refractivity contribution in [2.45, 2.75) is 25.5 Å². The van der Waals surface area contributed by atoms with E-state index in [9.17, 15) is 9.59 Å². The number of carbonyl (C=O) groups excluding carboxylic acids is 2. The van der Waals surface area contributed by atoms with Crippen molar-refractivity contribution in [1.29, 1.82) is 0 Å². The van der Waals surface area contributed by atoms with Crippen molar-refractivity contribution in [1.82, 2.24) is 24.5 Å². The minimum atomic E-state index is -1.12. The Kier molecular flexibility index (Phi) is 7.19. The Labute approximate surface area is 207 Å². The van der Waals surface area contributed by atoms with Crippen molar-refractivity contribution in [3.8, 4) is 0 Å². The third kappa shape index (κ3) is 4.65. The lowest BCUT2D eigenvalue weighted by atomic mass is 10.1. The molecule has 0 radical (unpaired) electrons. The zero-order valence-corrected chi connectivity index (χ0v) is 20.8. The van der Waals surface area contributed by atoms with Crippen LogP contribution in [0.4, 0.5) is 9.59 Å². The number of urea groups is 2. The highest BCUT2D eigenvalue weighted by Crippen LogP contribution is 2.36. The molecule has 1 aliphatic heterocycles. The number of benzene rings is 3. The summed E-state index contributed by atoms with van der Waals surface area (Å²) in [6.45, 7) is 0.895. The van der Waals surface area contributed by atoms with Crippen LogP contribution in [0.3, 0.4) is 0 Å². The molecule has 0 spiro atoms. The molecule has 1 fully saturated rings. The number of carbonyl (C=O) groups is 2. The van der Waals surface area contributed by atoms with E-state index in [2.05, 4.69) is 0 Å². The average molecular weight is 472 g/mol. The fraction of sp³-hybridized carbons (Fsp3) is 0.286. The Bertz CT molecular complexity index is 1060. The molecular formula is C28H33N5O2. The van der Waals surface area contributed by atoms with E-state index < -0.39 is 5.91 Å². The average Bonchev–Trinajstić information content (AvgIpc) is 2.86. The first-order valence-electron chi connectivity index (χ1n) is 11.7. The molecule has 0 unspecified atom stereocenters. The third-order valence-electron chi connectivity index (χ3n) is 6.40. The van der Waals surface area contributed by atoms with Crippen molar-refractivity contribution in [2.24, 2.45) is 0 Å². The third-order valence-corrected chi connectivity index (χ3v) is 6.40. The Morgan fingerprint density at radius 3 is 1.17 bits per heavy atom. The molecule has 35 heavy (non-hydrogen) atoms. The van der Waals surface area contributed by atoms with Crippen LogP contribution in [0, 0.1) is 0 Å². The second-order valence-corrected chi connectivity index (χ2v) is 9.17. The molecule has 0 aliphatic carbocycles. The first kappa shape index (κ1) is 24.4. The monoisotopic (exact) mass is 471 g/mol. The normalized spacial score (nSPS) is 15.9. The molecule has 0 aromatic heterocycles. The fourth-order valence-electron chi connectivity index (χ4n) is 4.92. The van der Waals surface area contributed by atoms with Crippen molar-refractivity contribution < 1.29 is 9.59 Å². The summed E-state index contributed by atoms with van der Waals surface area (Å²) in [5.74, 6) is -1.12. The molecule has 0 bridgehead atoms. The van der Waals surface area contributed by atoms with Crippen LogP contribution in [0.15, 0.2) is 91.0 Å². The van der Waals surface area contributed by atoms with Crippen LogP contribution in [-0.4, -0.2) is 70.7 Å². The summed E-state index contributed by atoms with van der Waals surface area (Å²) in [5.41, 5.74) is 2.88. The van der Waals surface area contributed by atoms with E-state index in [4.69, 9.17) is 0 Å². The predicted octanol–water partition coefficient (Wildman–Crippen LogP) is 4.48. The highest BCUT2D eigenvalue weighted by Gasteiger charge is 2.58. The Balaban J connectivity index is 1.85. The lowest BCUT2D eigenvalue weighted by Crippen LogP contribution is -2.82. The Hall–Kier alpha value is -3.68. The van der Waals surface area contributed by atoms with Gasteiger partial charge in [0.15, 0.2) is 0 Å². The quantitative estimate of drug-likeness (QED) is 0.455. The maximum absolute atomic E-state index is 14.1. The van der Waals surface area contributed by atoms with E-state index in [0.29, 0.717) is 13.1 Å². The van der Waals surface area contributed by atoms with Gasteiger partial charge in [-0.05, 0) is 44.9 Å². The largest absolute Gasteiger partial charge is 0.332 e. The molecule has 182 valence electrons. The van der Waals surface area contributed by atoms with Gasteiger partial charge in [-0.25, -0.2) is 14.5 Å². The minimum Gasteiger partial charge on any atom is -0.270 e. The lowest BCUT2D eigenvalue weighted by molar-refractivity contribution is -0.217. The van der Waals surface area contributed by atoms with Crippen LogP contribution in [0.25, 0.3) is 0 Å². The van der Waals surface area contributed by atoms with E-state index in [1.54, 1.807) is 9.80 Å². The van der Waals surface area contributed by atoms with Crippen molar-refractivity contribution in [3.05, 3.63) is 108 Å². The Morgan fingerprint density at radius 2 is 0.857 bits per heavy atom. The van der Waals surface area contributed by atoms with Gasteiger partial charge in [0.2, 0.25) is 5.91 Å². The summed E-state index contributed by atoms with van der Waals surface area (Å²) in [7, 11) is 7.62. The van der Waals surface area contributed by atoms with Crippen LogP contribution in [0.1, 0.15) is 16.7 Å². The Morgan fingerprint density at radius 1 is 0.543 bits per heavy atom. The molecule has 0 saturated carbocycles. The summed E-state index contributed by atoms with van der Waals surface area (Å²) in [4.78, 5) is 37.0. The summed E-state index contributed by atoms with van der Waals surface area (Å²) in [5, 5.41) is 0. The van der Waals surface area contributed by atoms with Crippen LogP contribution in [0.5, 0.6) is 0 Å². The van der Waals surface area contributed by atoms with Crippen LogP contribution < -0.4 is 0 Å². The van der Waals surface area contributed by atoms with E-state index in [0.717, 1.165) is 16.7 Å². The molecule has 1 heterocycles. The molecule has 3 aromatic rings. The maximum atomic E-state index is 14.1. The number of hydrogen-bond donors (Lipinski definition) is 0. The molecular weight excluding hydrogens is 438 g/mol. The minimum absolute atomic E-state index is 0.200. The molecule has 1 saturated heterocycles. The fourth-order valence-corrected chi connectivity index (χ4v) is 4.92. The highest BCUT2D eigenvalue weighted by molar-refractivity contribution is 5.96. The standard InChI is InChI=1S/C28H33N5O2/c1-29(2)28(30(3)4)32(21-24-16-10-6-11-17-24)26(34)31(20-23-14-8-5-9-15-23)27(35)33(28)22-25-18-12-7-13-19-25/h5-19H,20-22H2,1-4H3. The molecule has 7 nitrogen and oxygen atoms in total. The van der Waals surface area contributed by atoms with Gasteiger partial charge in [-0.3, -0.25) is 19.6 Å². The lowest BCUT2D eigenvalue weighted by Gasteiger charge is -2.60. The highest BCUT2D eigenvalue weighted by atomic mass is 16.2. The number of imide groups is 1. The van der Waals surface area contributed by atoms with Gasteiger partial charge >= 0.3 is 12.1 Å². The van der Waals surface area contributed by atoms with E-state index in [1.165, 1.54) is 4.90 Å². The van der Waals surface area contributed by atoms with E-state index in [1.807, 2.05) is 129 Å². The molecule has 1 aliphatic rings. The van der Waals surface area contributed by atoms with Gasteiger partial charge in [0.25, 0.3) is 0 Å². The SMILES string of the molecule is CN(C)C1(N(C)C)N(Cc2ccccc2)C(=O)N(Cc2ccccc2)C(=O)N1Cc1ccccc1.